The molecule has 0 saturated carbocycles. The normalized spacial score (nSPS) is 17.1. The molecular formula is C22H19FN2O2S. The summed E-state index contributed by atoms with van der Waals surface area (Å²) >= 11 is 0.835. The molecule has 0 unspecified atom stereocenters. The van der Waals surface area contributed by atoms with E-state index in [1.165, 1.54) is 18.2 Å². The van der Waals surface area contributed by atoms with Crippen molar-refractivity contribution in [3.63, 3.8) is 0 Å². The van der Waals surface area contributed by atoms with Gasteiger partial charge in [0.25, 0.3) is 11.1 Å². The highest BCUT2D eigenvalue weighted by atomic mass is 32.2. The largest absolute Gasteiger partial charge is 0.344 e. The summed E-state index contributed by atoms with van der Waals surface area (Å²) in [4.78, 5) is 26.5. The molecule has 2 aromatic carbocycles. The van der Waals surface area contributed by atoms with E-state index in [4.69, 9.17) is 0 Å². The number of carbonyl (C=O) groups excluding carboxylic acids is 2. The van der Waals surface area contributed by atoms with Gasteiger partial charge in [-0.15, -0.1) is 0 Å². The number of para-hydroxylation sites is 2. The van der Waals surface area contributed by atoms with E-state index in [0.29, 0.717) is 10.9 Å². The third-order valence-electron chi connectivity index (χ3n) is 5.01. The average molecular weight is 394 g/mol. The number of thioether (sulfide) groups is 1. The van der Waals surface area contributed by atoms with Gasteiger partial charge in [-0.2, -0.15) is 0 Å². The van der Waals surface area contributed by atoms with Crippen molar-refractivity contribution in [3.05, 3.63) is 71.0 Å². The first-order chi connectivity index (χ1) is 13.5. The molecule has 1 fully saturated rings. The minimum atomic E-state index is -0.598. The standard InChI is InChI=1S/C22H19FN2O2S/c1-3-14(2)24-13-15(16-8-4-6-10-18(16)24)12-20-21(26)25(22(27)28-20)19-11-7-5-9-17(19)23/h4-14H,3H2,1-2H3/b20-12+/t14-/m1/s1. The molecule has 0 radical (unpaired) electrons. The maximum absolute atomic E-state index is 14.1. The number of halogens is 1. The third-order valence-corrected chi connectivity index (χ3v) is 5.88. The molecule has 6 heteroatoms. The van der Waals surface area contributed by atoms with E-state index < -0.39 is 17.0 Å². The summed E-state index contributed by atoms with van der Waals surface area (Å²) in [5.74, 6) is -1.10. The Bertz CT molecular complexity index is 1120. The molecular weight excluding hydrogens is 375 g/mol. The highest BCUT2D eigenvalue weighted by Gasteiger charge is 2.37. The molecule has 2 amide bonds. The second-order valence-electron chi connectivity index (χ2n) is 6.73. The zero-order chi connectivity index (χ0) is 19.8. The van der Waals surface area contributed by atoms with Gasteiger partial charge in [0.2, 0.25) is 0 Å². The first kappa shape index (κ1) is 18.5. The zero-order valence-corrected chi connectivity index (χ0v) is 16.4. The van der Waals surface area contributed by atoms with Gasteiger partial charge in [-0.05, 0) is 49.4 Å². The molecule has 28 heavy (non-hydrogen) atoms. The molecule has 0 N–H and O–H groups in total. The fourth-order valence-electron chi connectivity index (χ4n) is 3.36. The van der Waals surface area contributed by atoms with Crippen LogP contribution in [0.2, 0.25) is 0 Å². The van der Waals surface area contributed by atoms with Crippen molar-refractivity contribution in [2.75, 3.05) is 4.90 Å². The Morgan fingerprint density at radius 2 is 1.82 bits per heavy atom. The number of amides is 2. The SMILES string of the molecule is CC[C@@H](C)n1cc(/C=C2/SC(=O)N(c3ccccc3F)C2=O)c2ccccc21. The zero-order valence-electron chi connectivity index (χ0n) is 15.6. The minimum absolute atomic E-state index is 0.0181. The van der Waals surface area contributed by atoms with Gasteiger partial charge in [0, 0.05) is 28.7 Å². The van der Waals surface area contributed by atoms with Crippen LogP contribution in [0, 0.1) is 5.82 Å². The van der Waals surface area contributed by atoms with Crippen LogP contribution < -0.4 is 4.90 Å². The quantitative estimate of drug-likeness (QED) is 0.510. The number of fused-ring (bicyclic) bond motifs is 1. The molecule has 0 aliphatic carbocycles. The summed E-state index contributed by atoms with van der Waals surface area (Å²) in [5, 5.41) is 0.521. The lowest BCUT2D eigenvalue weighted by Crippen LogP contribution is -2.28. The summed E-state index contributed by atoms with van der Waals surface area (Å²) < 4.78 is 16.3. The second kappa shape index (κ2) is 7.28. The molecule has 4 rings (SSSR count). The van der Waals surface area contributed by atoms with Crippen molar-refractivity contribution in [2.24, 2.45) is 0 Å². The summed E-state index contributed by atoms with van der Waals surface area (Å²) in [6.07, 6.45) is 4.71. The highest BCUT2D eigenvalue weighted by molar-refractivity contribution is 8.19. The van der Waals surface area contributed by atoms with E-state index in [0.717, 1.165) is 39.5 Å². The smallest absolute Gasteiger partial charge is 0.298 e. The highest BCUT2D eigenvalue weighted by Crippen LogP contribution is 2.38. The van der Waals surface area contributed by atoms with Crippen LogP contribution >= 0.6 is 11.8 Å². The van der Waals surface area contributed by atoms with E-state index in [-0.39, 0.29) is 5.69 Å². The van der Waals surface area contributed by atoms with E-state index in [1.807, 2.05) is 30.5 Å². The second-order valence-corrected chi connectivity index (χ2v) is 7.73. The maximum atomic E-state index is 14.1. The molecule has 0 spiro atoms. The maximum Gasteiger partial charge on any atom is 0.298 e. The lowest BCUT2D eigenvalue weighted by atomic mass is 10.1. The van der Waals surface area contributed by atoms with Crippen molar-refractivity contribution >= 4 is 45.6 Å². The predicted octanol–water partition coefficient (Wildman–Crippen LogP) is 5.99. The first-order valence-corrected chi connectivity index (χ1v) is 9.95. The van der Waals surface area contributed by atoms with E-state index in [2.05, 4.69) is 18.4 Å². The Kier molecular flexibility index (Phi) is 4.81. The van der Waals surface area contributed by atoms with Gasteiger partial charge >= 0.3 is 0 Å². The minimum Gasteiger partial charge on any atom is -0.344 e. The van der Waals surface area contributed by atoms with Crippen LogP contribution in [0.1, 0.15) is 31.9 Å². The summed E-state index contributed by atoms with van der Waals surface area (Å²) in [6, 6.07) is 14.1. The molecule has 4 nitrogen and oxygen atoms in total. The average Bonchev–Trinajstić information content (AvgIpc) is 3.20. The number of benzene rings is 2. The van der Waals surface area contributed by atoms with Gasteiger partial charge in [-0.1, -0.05) is 37.3 Å². The monoisotopic (exact) mass is 394 g/mol. The number of aromatic nitrogens is 1. The molecule has 1 aliphatic heterocycles. The Balaban J connectivity index is 1.77. The van der Waals surface area contributed by atoms with Gasteiger partial charge < -0.3 is 4.57 Å². The summed E-state index contributed by atoms with van der Waals surface area (Å²) in [7, 11) is 0. The molecule has 0 bridgehead atoms. The lowest BCUT2D eigenvalue weighted by Gasteiger charge is -2.12. The molecule has 1 atom stereocenters. The van der Waals surface area contributed by atoms with E-state index in [9.17, 15) is 14.0 Å². The van der Waals surface area contributed by atoms with E-state index in [1.54, 1.807) is 12.1 Å². The van der Waals surface area contributed by atoms with Crippen molar-refractivity contribution in [3.8, 4) is 0 Å². The van der Waals surface area contributed by atoms with Crippen molar-refractivity contribution in [1.82, 2.24) is 4.57 Å². The van der Waals surface area contributed by atoms with Gasteiger partial charge in [0.05, 0.1) is 10.6 Å². The number of rotatable bonds is 4. The van der Waals surface area contributed by atoms with Crippen LogP contribution in [0.15, 0.2) is 59.6 Å². The molecule has 2 heterocycles. The van der Waals surface area contributed by atoms with Crippen LogP contribution in [0.3, 0.4) is 0 Å². The van der Waals surface area contributed by atoms with Crippen LogP contribution in [0.25, 0.3) is 17.0 Å². The molecule has 3 aromatic rings. The fraction of sp³-hybridized carbons (Fsp3) is 0.182. The van der Waals surface area contributed by atoms with Crippen LogP contribution in [0.5, 0.6) is 0 Å². The first-order valence-electron chi connectivity index (χ1n) is 9.13. The Morgan fingerprint density at radius 1 is 1.11 bits per heavy atom. The van der Waals surface area contributed by atoms with Gasteiger partial charge in [-0.3, -0.25) is 9.59 Å². The summed E-state index contributed by atoms with van der Waals surface area (Å²) in [6.45, 7) is 4.27. The van der Waals surface area contributed by atoms with Crippen LogP contribution in [-0.4, -0.2) is 15.7 Å². The van der Waals surface area contributed by atoms with Gasteiger partial charge in [0.15, 0.2) is 0 Å². The van der Waals surface area contributed by atoms with E-state index >= 15 is 0 Å². The topological polar surface area (TPSA) is 42.3 Å². The Morgan fingerprint density at radius 3 is 2.57 bits per heavy atom. The number of anilines is 1. The number of carbonyl (C=O) groups is 2. The number of nitrogens with zero attached hydrogens (tertiary/aromatic N) is 2. The molecule has 1 aliphatic rings. The number of hydrogen-bond acceptors (Lipinski definition) is 3. The van der Waals surface area contributed by atoms with Crippen LogP contribution in [0.4, 0.5) is 14.9 Å². The van der Waals surface area contributed by atoms with Crippen molar-refractivity contribution in [2.45, 2.75) is 26.3 Å². The Hall–Kier alpha value is -2.86. The Labute approximate surface area is 166 Å². The third kappa shape index (κ3) is 3.03. The molecule has 142 valence electrons. The van der Waals surface area contributed by atoms with Gasteiger partial charge in [0.1, 0.15) is 5.82 Å². The van der Waals surface area contributed by atoms with Gasteiger partial charge in [-0.25, -0.2) is 9.29 Å². The van der Waals surface area contributed by atoms with Crippen LogP contribution in [-0.2, 0) is 4.79 Å². The predicted molar refractivity (Wildman–Crippen MR) is 112 cm³/mol. The fourth-order valence-corrected chi connectivity index (χ4v) is 4.18. The number of hydrogen-bond donors (Lipinski definition) is 0. The lowest BCUT2D eigenvalue weighted by molar-refractivity contribution is -0.113. The van der Waals surface area contributed by atoms with Crippen molar-refractivity contribution in [1.29, 1.82) is 0 Å². The molecule has 1 aromatic heterocycles. The summed E-state index contributed by atoms with van der Waals surface area (Å²) in [5.41, 5.74) is 1.93. The number of imide groups is 1. The molecule has 1 saturated heterocycles. The van der Waals surface area contributed by atoms with Crippen molar-refractivity contribution < 1.29 is 14.0 Å².